The van der Waals surface area contributed by atoms with Crippen LogP contribution in [0, 0.1) is 6.92 Å². The minimum absolute atomic E-state index is 0.00814. The topological polar surface area (TPSA) is 88.6 Å². The Bertz CT molecular complexity index is 1340. The Hall–Kier alpha value is -3.85. The summed E-state index contributed by atoms with van der Waals surface area (Å²) in [6, 6.07) is 12.8. The third-order valence-corrected chi connectivity index (χ3v) is 6.04. The van der Waals surface area contributed by atoms with Crippen LogP contribution in [-0.2, 0) is 6.54 Å². The van der Waals surface area contributed by atoms with Crippen LogP contribution in [0.3, 0.4) is 0 Å². The molecule has 0 saturated carbocycles. The van der Waals surface area contributed by atoms with Crippen molar-refractivity contribution in [1.29, 1.82) is 0 Å². The molecule has 0 spiro atoms. The molecule has 1 aliphatic rings. The first-order valence-corrected chi connectivity index (χ1v) is 11.0. The number of hydrogen-bond donors (Lipinski definition) is 0. The van der Waals surface area contributed by atoms with Crippen LogP contribution in [-0.4, -0.2) is 72.6 Å². The molecule has 4 aromatic rings. The van der Waals surface area contributed by atoms with Crippen LogP contribution in [0.15, 0.2) is 65.8 Å². The van der Waals surface area contributed by atoms with E-state index in [1.165, 1.54) is 4.68 Å². The molecule has 0 aliphatic carbocycles. The molecule has 1 saturated heterocycles. The standard InChI is InChI=1S/C24H25N7O2/c1-18-23(30-11-3-2-4-21(30)26-18)24(33)29-15-12-28(13-16-29)14-17-31-22(32)6-5-20(27-31)19-7-9-25-10-8-19/h2-11H,12-17H2,1H3. The van der Waals surface area contributed by atoms with Crippen molar-refractivity contribution in [2.75, 3.05) is 32.7 Å². The van der Waals surface area contributed by atoms with Crippen molar-refractivity contribution in [2.24, 2.45) is 0 Å². The maximum Gasteiger partial charge on any atom is 0.272 e. The summed E-state index contributed by atoms with van der Waals surface area (Å²) in [5.41, 5.74) is 3.70. The highest BCUT2D eigenvalue weighted by atomic mass is 16.2. The molecule has 1 amide bonds. The fourth-order valence-electron chi connectivity index (χ4n) is 4.22. The van der Waals surface area contributed by atoms with Gasteiger partial charge in [-0.05, 0) is 37.3 Å². The Balaban J connectivity index is 1.21. The van der Waals surface area contributed by atoms with Gasteiger partial charge in [0.2, 0.25) is 0 Å². The van der Waals surface area contributed by atoms with E-state index in [-0.39, 0.29) is 11.5 Å². The van der Waals surface area contributed by atoms with E-state index in [0.717, 1.165) is 35.7 Å². The monoisotopic (exact) mass is 443 g/mol. The number of amides is 1. The highest BCUT2D eigenvalue weighted by molar-refractivity contribution is 5.94. The van der Waals surface area contributed by atoms with Gasteiger partial charge in [-0.25, -0.2) is 9.67 Å². The first-order valence-electron chi connectivity index (χ1n) is 11.0. The predicted molar refractivity (Wildman–Crippen MR) is 124 cm³/mol. The molecule has 4 aromatic heterocycles. The fraction of sp³-hybridized carbons (Fsp3) is 0.292. The molecule has 1 aliphatic heterocycles. The molecular formula is C24H25N7O2. The average Bonchev–Trinajstić information content (AvgIpc) is 3.19. The van der Waals surface area contributed by atoms with Crippen molar-refractivity contribution < 1.29 is 4.79 Å². The summed E-state index contributed by atoms with van der Waals surface area (Å²) in [6.45, 7) is 5.85. The van der Waals surface area contributed by atoms with Gasteiger partial charge >= 0.3 is 0 Å². The molecule has 1 fully saturated rings. The number of pyridine rings is 2. The summed E-state index contributed by atoms with van der Waals surface area (Å²) < 4.78 is 3.37. The SMILES string of the molecule is Cc1nc2ccccn2c1C(=O)N1CCN(CCn2nc(-c3ccncc3)ccc2=O)CC1. The summed E-state index contributed by atoms with van der Waals surface area (Å²) in [5.74, 6) is 0.00814. The number of carbonyl (C=O) groups excluding carboxylic acids is 1. The Morgan fingerprint density at radius 1 is 0.970 bits per heavy atom. The zero-order valence-electron chi connectivity index (χ0n) is 18.5. The summed E-state index contributed by atoms with van der Waals surface area (Å²) in [7, 11) is 0. The number of aromatic nitrogens is 5. The second-order valence-corrected chi connectivity index (χ2v) is 8.12. The molecule has 9 nitrogen and oxygen atoms in total. The third kappa shape index (κ3) is 4.27. The second-order valence-electron chi connectivity index (χ2n) is 8.12. The molecule has 0 radical (unpaired) electrons. The molecule has 0 bridgehead atoms. The van der Waals surface area contributed by atoms with E-state index in [1.54, 1.807) is 24.5 Å². The Kier molecular flexibility index (Phi) is 5.70. The van der Waals surface area contributed by atoms with E-state index in [0.29, 0.717) is 31.9 Å². The lowest BCUT2D eigenvalue weighted by atomic mass is 10.2. The van der Waals surface area contributed by atoms with Crippen LogP contribution in [0.5, 0.6) is 0 Å². The van der Waals surface area contributed by atoms with Crippen LogP contribution in [0.2, 0.25) is 0 Å². The zero-order valence-corrected chi connectivity index (χ0v) is 18.5. The summed E-state index contributed by atoms with van der Waals surface area (Å²) in [5, 5.41) is 4.52. The van der Waals surface area contributed by atoms with Gasteiger partial charge in [-0.2, -0.15) is 5.10 Å². The molecule has 5 heterocycles. The quantitative estimate of drug-likeness (QED) is 0.467. The maximum atomic E-state index is 13.2. The molecule has 0 unspecified atom stereocenters. The van der Waals surface area contributed by atoms with Gasteiger partial charge in [0.05, 0.1) is 17.9 Å². The van der Waals surface area contributed by atoms with Crippen LogP contribution in [0.25, 0.3) is 16.9 Å². The number of carbonyl (C=O) groups is 1. The molecular weight excluding hydrogens is 418 g/mol. The summed E-state index contributed by atoms with van der Waals surface area (Å²) >= 11 is 0. The lowest BCUT2D eigenvalue weighted by molar-refractivity contribution is 0.0624. The van der Waals surface area contributed by atoms with Crippen molar-refractivity contribution in [3.63, 3.8) is 0 Å². The van der Waals surface area contributed by atoms with Crippen molar-refractivity contribution >= 4 is 11.6 Å². The smallest absolute Gasteiger partial charge is 0.272 e. The summed E-state index contributed by atoms with van der Waals surface area (Å²) in [6.07, 6.45) is 5.30. The fourth-order valence-corrected chi connectivity index (χ4v) is 4.22. The Morgan fingerprint density at radius 2 is 1.76 bits per heavy atom. The number of rotatable bonds is 5. The van der Waals surface area contributed by atoms with Gasteiger partial charge in [0.25, 0.3) is 11.5 Å². The van der Waals surface area contributed by atoms with Gasteiger partial charge < -0.3 is 4.90 Å². The Labute approximate surface area is 190 Å². The number of piperazine rings is 1. The van der Waals surface area contributed by atoms with E-state index in [4.69, 9.17) is 0 Å². The molecule has 0 N–H and O–H groups in total. The number of hydrogen-bond acceptors (Lipinski definition) is 6. The molecule has 168 valence electrons. The van der Waals surface area contributed by atoms with Crippen LogP contribution in [0.1, 0.15) is 16.2 Å². The van der Waals surface area contributed by atoms with E-state index >= 15 is 0 Å². The van der Waals surface area contributed by atoms with Crippen LogP contribution >= 0.6 is 0 Å². The van der Waals surface area contributed by atoms with Crippen molar-refractivity contribution in [3.8, 4) is 11.3 Å². The van der Waals surface area contributed by atoms with Crippen molar-refractivity contribution in [3.05, 3.63) is 82.8 Å². The van der Waals surface area contributed by atoms with Gasteiger partial charge in [0.15, 0.2) is 0 Å². The molecule has 0 atom stereocenters. The molecule has 33 heavy (non-hydrogen) atoms. The number of nitrogens with zero attached hydrogens (tertiary/aromatic N) is 7. The van der Waals surface area contributed by atoms with E-state index < -0.39 is 0 Å². The highest BCUT2D eigenvalue weighted by Gasteiger charge is 2.26. The number of fused-ring (bicyclic) bond motifs is 1. The zero-order chi connectivity index (χ0) is 22.8. The van der Waals surface area contributed by atoms with Gasteiger partial charge in [-0.1, -0.05) is 6.07 Å². The first kappa shape index (κ1) is 21.0. The van der Waals surface area contributed by atoms with Crippen LogP contribution < -0.4 is 5.56 Å². The normalized spacial score (nSPS) is 14.6. The summed E-state index contributed by atoms with van der Waals surface area (Å²) in [4.78, 5) is 38.2. The van der Waals surface area contributed by atoms with Crippen molar-refractivity contribution in [1.82, 2.24) is 33.9 Å². The van der Waals surface area contributed by atoms with Crippen LogP contribution in [0.4, 0.5) is 0 Å². The van der Waals surface area contributed by atoms with Gasteiger partial charge in [0, 0.05) is 62.9 Å². The third-order valence-electron chi connectivity index (χ3n) is 6.04. The van der Waals surface area contributed by atoms with Gasteiger partial charge in [-0.15, -0.1) is 0 Å². The van der Waals surface area contributed by atoms with Crippen molar-refractivity contribution in [2.45, 2.75) is 13.5 Å². The largest absolute Gasteiger partial charge is 0.335 e. The van der Waals surface area contributed by atoms with Gasteiger partial charge in [-0.3, -0.25) is 23.9 Å². The van der Waals surface area contributed by atoms with E-state index in [9.17, 15) is 9.59 Å². The minimum atomic E-state index is -0.121. The average molecular weight is 444 g/mol. The molecule has 9 heteroatoms. The second kappa shape index (κ2) is 8.95. The lowest BCUT2D eigenvalue weighted by Crippen LogP contribution is -2.50. The van der Waals surface area contributed by atoms with Gasteiger partial charge in [0.1, 0.15) is 11.3 Å². The molecule has 5 rings (SSSR count). The Morgan fingerprint density at radius 3 is 2.55 bits per heavy atom. The first-order chi connectivity index (χ1) is 16.1. The van der Waals surface area contributed by atoms with E-state index in [2.05, 4.69) is 20.0 Å². The lowest BCUT2D eigenvalue weighted by Gasteiger charge is -2.34. The highest BCUT2D eigenvalue weighted by Crippen LogP contribution is 2.16. The minimum Gasteiger partial charge on any atom is -0.335 e. The number of imidazole rings is 1. The maximum absolute atomic E-state index is 13.2. The molecule has 0 aromatic carbocycles. The predicted octanol–water partition coefficient (Wildman–Crippen LogP) is 1.72. The van der Waals surface area contributed by atoms with E-state index in [1.807, 2.05) is 52.8 Å². The number of aryl methyl sites for hydroxylation is 1.